The van der Waals surface area contributed by atoms with Gasteiger partial charge in [0.1, 0.15) is 5.82 Å². The van der Waals surface area contributed by atoms with Crippen LogP contribution in [-0.2, 0) is 4.74 Å². The molecule has 1 aliphatic heterocycles. The maximum Gasteiger partial charge on any atom is 0.123 e. The van der Waals surface area contributed by atoms with Crippen molar-refractivity contribution in [3.05, 3.63) is 35.1 Å². The summed E-state index contributed by atoms with van der Waals surface area (Å²) in [5.41, 5.74) is 2.08. The van der Waals surface area contributed by atoms with Crippen LogP contribution in [0.25, 0.3) is 0 Å². The molecule has 0 spiro atoms. The van der Waals surface area contributed by atoms with Crippen LogP contribution in [0.5, 0.6) is 0 Å². The molecule has 20 heavy (non-hydrogen) atoms. The van der Waals surface area contributed by atoms with E-state index in [2.05, 4.69) is 24.1 Å². The molecule has 0 radical (unpaired) electrons. The van der Waals surface area contributed by atoms with Gasteiger partial charge in [0.15, 0.2) is 0 Å². The third-order valence-corrected chi connectivity index (χ3v) is 4.11. The molecule has 1 heterocycles. The molecule has 0 bridgehead atoms. The van der Waals surface area contributed by atoms with E-state index in [0.717, 1.165) is 30.8 Å². The molecule has 2 unspecified atom stereocenters. The number of ether oxygens (including phenoxy) is 1. The quantitative estimate of drug-likeness (QED) is 0.917. The van der Waals surface area contributed by atoms with Crippen molar-refractivity contribution < 1.29 is 9.13 Å². The Balaban J connectivity index is 2.21. The van der Waals surface area contributed by atoms with Gasteiger partial charge in [-0.25, -0.2) is 4.39 Å². The summed E-state index contributed by atoms with van der Waals surface area (Å²) in [6, 6.07) is 5.49. The zero-order valence-electron chi connectivity index (χ0n) is 12.8. The Kier molecular flexibility index (Phi) is 5.13. The zero-order valence-corrected chi connectivity index (χ0v) is 12.8. The molecule has 2 atom stereocenters. The Hall–Kier alpha value is -0.970. The van der Waals surface area contributed by atoms with Gasteiger partial charge in [-0.15, -0.1) is 0 Å². The molecule has 1 saturated heterocycles. The minimum absolute atomic E-state index is 0.0206. The fourth-order valence-corrected chi connectivity index (χ4v) is 2.86. The van der Waals surface area contributed by atoms with Gasteiger partial charge in [-0.1, -0.05) is 6.07 Å². The highest BCUT2D eigenvalue weighted by molar-refractivity contribution is 5.30. The van der Waals surface area contributed by atoms with Crippen LogP contribution in [0.1, 0.15) is 31.0 Å². The van der Waals surface area contributed by atoms with Crippen molar-refractivity contribution in [2.75, 3.05) is 26.7 Å². The maximum atomic E-state index is 13.5. The summed E-state index contributed by atoms with van der Waals surface area (Å²) in [4.78, 5) is 2.41. The van der Waals surface area contributed by atoms with E-state index in [4.69, 9.17) is 4.74 Å². The number of benzene rings is 1. The van der Waals surface area contributed by atoms with E-state index in [1.54, 1.807) is 6.07 Å². The van der Waals surface area contributed by atoms with Crippen molar-refractivity contribution in [1.82, 2.24) is 10.2 Å². The average Bonchev–Trinajstić information content (AvgIpc) is 2.44. The Morgan fingerprint density at radius 1 is 1.40 bits per heavy atom. The Labute approximate surface area is 121 Å². The van der Waals surface area contributed by atoms with Gasteiger partial charge in [-0.3, -0.25) is 4.90 Å². The summed E-state index contributed by atoms with van der Waals surface area (Å²) >= 11 is 0. The van der Waals surface area contributed by atoms with E-state index < -0.39 is 0 Å². The number of hydrogen-bond acceptors (Lipinski definition) is 3. The lowest BCUT2D eigenvalue weighted by Gasteiger charge is -2.39. The van der Waals surface area contributed by atoms with Crippen molar-refractivity contribution >= 4 is 0 Å². The molecular formula is C16H25FN2O. The summed E-state index contributed by atoms with van der Waals surface area (Å²) < 4.78 is 19.5. The van der Waals surface area contributed by atoms with Crippen molar-refractivity contribution in [2.24, 2.45) is 0 Å². The van der Waals surface area contributed by atoms with E-state index in [9.17, 15) is 4.39 Å². The van der Waals surface area contributed by atoms with Gasteiger partial charge in [-0.05, 0) is 51.1 Å². The van der Waals surface area contributed by atoms with Crippen molar-refractivity contribution in [1.29, 1.82) is 0 Å². The minimum Gasteiger partial charge on any atom is -0.374 e. The summed E-state index contributed by atoms with van der Waals surface area (Å²) in [7, 11) is 1.91. The van der Waals surface area contributed by atoms with Crippen LogP contribution in [0.15, 0.2) is 18.2 Å². The van der Waals surface area contributed by atoms with Gasteiger partial charge in [0.05, 0.1) is 18.8 Å². The van der Waals surface area contributed by atoms with Crippen LogP contribution in [0, 0.1) is 12.7 Å². The number of nitrogens with zero attached hydrogens (tertiary/aromatic N) is 1. The van der Waals surface area contributed by atoms with Crippen molar-refractivity contribution in [2.45, 2.75) is 39.0 Å². The molecule has 1 aromatic rings. The molecular weight excluding hydrogens is 255 g/mol. The highest BCUT2D eigenvalue weighted by Gasteiger charge is 2.30. The van der Waals surface area contributed by atoms with E-state index in [1.165, 1.54) is 6.07 Å². The fourth-order valence-electron chi connectivity index (χ4n) is 2.86. The molecule has 1 aromatic carbocycles. The van der Waals surface area contributed by atoms with E-state index in [0.29, 0.717) is 6.04 Å². The van der Waals surface area contributed by atoms with Gasteiger partial charge in [-0.2, -0.15) is 0 Å². The highest BCUT2D eigenvalue weighted by Crippen LogP contribution is 2.26. The maximum absolute atomic E-state index is 13.5. The second-order valence-corrected chi connectivity index (χ2v) is 5.77. The third-order valence-electron chi connectivity index (χ3n) is 4.11. The van der Waals surface area contributed by atoms with Crippen LogP contribution in [0.2, 0.25) is 0 Å². The number of likely N-dealkylation sites (N-methyl/N-ethyl adjacent to an activating group) is 1. The summed E-state index contributed by atoms with van der Waals surface area (Å²) in [6.07, 6.45) is 0.0525. The standard InChI is InChI=1S/C16H25FN2O/c1-11(2)19-7-8-20-15(10-19)16(18-4)14-9-13(17)6-5-12(14)3/h5-6,9,11,15-16,18H,7-8,10H2,1-4H3. The lowest BCUT2D eigenvalue weighted by molar-refractivity contribution is -0.0551. The fraction of sp³-hybridized carbons (Fsp3) is 0.625. The lowest BCUT2D eigenvalue weighted by Crippen LogP contribution is -2.50. The number of hydrogen-bond donors (Lipinski definition) is 1. The molecule has 2 rings (SSSR count). The first-order chi connectivity index (χ1) is 9.52. The summed E-state index contributed by atoms with van der Waals surface area (Å²) in [6.45, 7) is 8.98. The first-order valence-corrected chi connectivity index (χ1v) is 7.32. The number of morpholine rings is 1. The third kappa shape index (κ3) is 3.37. The number of nitrogens with one attached hydrogen (secondary N) is 1. The topological polar surface area (TPSA) is 24.5 Å². The van der Waals surface area contributed by atoms with E-state index >= 15 is 0 Å². The lowest BCUT2D eigenvalue weighted by atomic mass is 9.95. The average molecular weight is 280 g/mol. The molecule has 3 nitrogen and oxygen atoms in total. The van der Waals surface area contributed by atoms with E-state index in [-0.39, 0.29) is 18.0 Å². The Morgan fingerprint density at radius 3 is 2.80 bits per heavy atom. The van der Waals surface area contributed by atoms with Crippen LogP contribution in [-0.4, -0.2) is 43.8 Å². The molecule has 0 aliphatic carbocycles. The monoisotopic (exact) mass is 280 g/mol. The SMILES string of the molecule is CNC(c1cc(F)ccc1C)C1CN(C(C)C)CCO1. The minimum atomic E-state index is -0.192. The molecule has 1 N–H and O–H groups in total. The van der Waals surface area contributed by atoms with Gasteiger partial charge < -0.3 is 10.1 Å². The molecule has 112 valence electrons. The largest absolute Gasteiger partial charge is 0.374 e. The van der Waals surface area contributed by atoms with Gasteiger partial charge in [0.2, 0.25) is 0 Å². The van der Waals surface area contributed by atoms with Crippen LogP contribution in [0.3, 0.4) is 0 Å². The van der Waals surface area contributed by atoms with E-state index in [1.807, 2.05) is 20.0 Å². The molecule has 0 aromatic heterocycles. The zero-order chi connectivity index (χ0) is 14.7. The van der Waals surface area contributed by atoms with Crippen LogP contribution < -0.4 is 5.32 Å². The predicted octanol–water partition coefficient (Wildman–Crippen LogP) is 2.50. The number of halogens is 1. The normalized spacial score (nSPS) is 22.2. The molecule has 4 heteroatoms. The molecule has 0 amide bonds. The number of aryl methyl sites for hydroxylation is 1. The van der Waals surface area contributed by atoms with Crippen molar-refractivity contribution in [3.8, 4) is 0 Å². The molecule has 0 saturated carbocycles. The second kappa shape index (κ2) is 6.66. The van der Waals surface area contributed by atoms with Gasteiger partial charge in [0.25, 0.3) is 0 Å². The Morgan fingerprint density at radius 2 is 2.15 bits per heavy atom. The predicted molar refractivity (Wildman–Crippen MR) is 79.4 cm³/mol. The van der Waals surface area contributed by atoms with Crippen molar-refractivity contribution in [3.63, 3.8) is 0 Å². The Bertz CT molecular complexity index is 450. The number of rotatable bonds is 4. The first-order valence-electron chi connectivity index (χ1n) is 7.32. The van der Waals surface area contributed by atoms with Crippen LogP contribution >= 0.6 is 0 Å². The first kappa shape index (κ1) is 15.4. The smallest absolute Gasteiger partial charge is 0.123 e. The van der Waals surface area contributed by atoms with Gasteiger partial charge in [0, 0.05) is 19.1 Å². The van der Waals surface area contributed by atoms with Gasteiger partial charge >= 0.3 is 0 Å². The van der Waals surface area contributed by atoms with Crippen LogP contribution in [0.4, 0.5) is 4.39 Å². The molecule has 1 aliphatic rings. The highest BCUT2D eigenvalue weighted by atomic mass is 19.1. The second-order valence-electron chi connectivity index (χ2n) is 5.77. The summed E-state index contributed by atoms with van der Waals surface area (Å²) in [5.74, 6) is -0.192. The molecule has 1 fully saturated rings. The summed E-state index contributed by atoms with van der Waals surface area (Å²) in [5, 5.41) is 3.30.